The minimum Gasteiger partial charge on any atom is -0.439 e. The van der Waals surface area contributed by atoms with Crippen LogP contribution in [-0.2, 0) is 6.54 Å². The number of hydrogen-bond donors (Lipinski definition) is 1. The van der Waals surface area contributed by atoms with E-state index in [1.807, 2.05) is 6.07 Å². The monoisotopic (exact) mass is 259 g/mol. The Kier molecular flexibility index (Phi) is 3.72. The van der Waals surface area contributed by atoms with Crippen LogP contribution in [0.25, 0.3) is 0 Å². The molecule has 0 bridgehead atoms. The number of rotatable bonds is 4. The van der Waals surface area contributed by atoms with E-state index < -0.39 is 4.92 Å². The third kappa shape index (κ3) is 3.05. The second kappa shape index (κ2) is 5.45. The maximum Gasteiger partial charge on any atom is 0.269 e. The number of nitro benzene ring substituents is 1. The highest BCUT2D eigenvalue weighted by Gasteiger charge is 2.09. The number of nitrogens with two attached hydrogens (primary N) is 1. The maximum absolute atomic E-state index is 10.6. The van der Waals surface area contributed by atoms with E-state index in [-0.39, 0.29) is 5.69 Å². The fourth-order valence-corrected chi connectivity index (χ4v) is 1.57. The van der Waals surface area contributed by atoms with E-state index in [4.69, 9.17) is 10.5 Å². The Labute approximate surface area is 110 Å². The van der Waals surface area contributed by atoms with Crippen molar-refractivity contribution in [3.8, 4) is 11.6 Å². The normalized spacial score (nSPS) is 10.2. The van der Waals surface area contributed by atoms with E-state index in [2.05, 4.69) is 4.98 Å². The van der Waals surface area contributed by atoms with E-state index in [0.717, 1.165) is 5.56 Å². The van der Waals surface area contributed by atoms with Gasteiger partial charge in [0.05, 0.1) is 4.92 Å². The third-order valence-electron chi connectivity index (χ3n) is 2.62. The first-order valence-corrected chi connectivity index (χ1v) is 5.68. The van der Waals surface area contributed by atoms with Crippen LogP contribution in [0.2, 0.25) is 0 Å². The molecule has 0 aliphatic rings. The van der Waals surface area contributed by atoms with Crippen molar-refractivity contribution in [3.63, 3.8) is 0 Å². The number of non-ortho nitro benzene ring substituents is 1. The number of hydrogen-bond acceptors (Lipinski definition) is 5. The molecule has 2 rings (SSSR count). The molecule has 0 amide bonds. The molecule has 0 spiro atoms. The van der Waals surface area contributed by atoms with Crippen molar-refractivity contribution in [2.45, 2.75) is 13.5 Å². The molecule has 0 fully saturated rings. The Morgan fingerprint density at radius 1 is 1.37 bits per heavy atom. The van der Waals surface area contributed by atoms with Gasteiger partial charge in [-0.25, -0.2) is 4.98 Å². The summed E-state index contributed by atoms with van der Waals surface area (Å²) in [6.07, 6.45) is 1.63. The first-order chi connectivity index (χ1) is 9.10. The van der Waals surface area contributed by atoms with Gasteiger partial charge in [-0.1, -0.05) is 6.07 Å². The predicted molar refractivity (Wildman–Crippen MR) is 70.0 cm³/mol. The molecule has 0 atom stereocenters. The van der Waals surface area contributed by atoms with Crippen LogP contribution >= 0.6 is 0 Å². The molecule has 1 heterocycles. The van der Waals surface area contributed by atoms with Crippen LogP contribution in [0.4, 0.5) is 5.69 Å². The summed E-state index contributed by atoms with van der Waals surface area (Å²) in [6.45, 7) is 2.17. The van der Waals surface area contributed by atoms with Crippen LogP contribution in [-0.4, -0.2) is 9.91 Å². The fourth-order valence-electron chi connectivity index (χ4n) is 1.57. The number of aryl methyl sites for hydroxylation is 1. The van der Waals surface area contributed by atoms with Crippen LogP contribution in [0.5, 0.6) is 11.6 Å². The van der Waals surface area contributed by atoms with Crippen molar-refractivity contribution >= 4 is 5.69 Å². The Hall–Kier alpha value is -2.47. The van der Waals surface area contributed by atoms with Gasteiger partial charge in [0.1, 0.15) is 5.75 Å². The summed E-state index contributed by atoms with van der Waals surface area (Å²) in [7, 11) is 0. The van der Waals surface area contributed by atoms with Crippen molar-refractivity contribution in [3.05, 3.63) is 57.8 Å². The molecule has 0 saturated heterocycles. The average Bonchev–Trinajstić information content (AvgIpc) is 2.41. The highest BCUT2D eigenvalue weighted by Crippen LogP contribution is 2.27. The van der Waals surface area contributed by atoms with Crippen molar-refractivity contribution in [1.82, 2.24) is 4.98 Å². The highest BCUT2D eigenvalue weighted by atomic mass is 16.6. The van der Waals surface area contributed by atoms with E-state index in [0.29, 0.717) is 23.7 Å². The maximum atomic E-state index is 10.6. The lowest BCUT2D eigenvalue weighted by Crippen LogP contribution is -1.97. The zero-order valence-electron chi connectivity index (χ0n) is 10.4. The summed E-state index contributed by atoms with van der Waals surface area (Å²) in [4.78, 5) is 14.3. The molecule has 1 aromatic heterocycles. The minimum absolute atomic E-state index is 0.0382. The first-order valence-electron chi connectivity index (χ1n) is 5.68. The second-order valence-electron chi connectivity index (χ2n) is 4.02. The van der Waals surface area contributed by atoms with Crippen molar-refractivity contribution in [2.24, 2.45) is 5.73 Å². The zero-order valence-corrected chi connectivity index (χ0v) is 10.4. The van der Waals surface area contributed by atoms with Crippen LogP contribution in [0, 0.1) is 17.0 Å². The smallest absolute Gasteiger partial charge is 0.269 e. The van der Waals surface area contributed by atoms with E-state index in [1.54, 1.807) is 25.3 Å². The lowest BCUT2D eigenvalue weighted by Gasteiger charge is -2.07. The Morgan fingerprint density at radius 2 is 2.16 bits per heavy atom. The summed E-state index contributed by atoms with van der Waals surface area (Å²) in [5, 5.41) is 10.6. The van der Waals surface area contributed by atoms with Gasteiger partial charge in [0.2, 0.25) is 5.88 Å². The summed E-state index contributed by atoms with van der Waals surface area (Å²) in [5.41, 5.74) is 7.10. The van der Waals surface area contributed by atoms with Crippen molar-refractivity contribution in [2.75, 3.05) is 0 Å². The number of benzene rings is 1. The molecule has 1 aromatic carbocycles. The van der Waals surface area contributed by atoms with Gasteiger partial charge in [-0.2, -0.15) is 0 Å². The summed E-state index contributed by atoms with van der Waals surface area (Å²) < 4.78 is 5.57. The van der Waals surface area contributed by atoms with Gasteiger partial charge < -0.3 is 10.5 Å². The van der Waals surface area contributed by atoms with E-state index in [1.165, 1.54) is 12.1 Å². The second-order valence-corrected chi connectivity index (χ2v) is 4.02. The molecule has 6 heteroatoms. The molecule has 98 valence electrons. The topological polar surface area (TPSA) is 91.3 Å². The van der Waals surface area contributed by atoms with Gasteiger partial charge in [0.15, 0.2) is 0 Å². The molecular weight excluding hydrogens is 246 g/mol. The van der Waals surface area contributed by atoms with Crippen molar-refractivity contribution < 1.29 is 9.66 Å². The van der Waals surface area contributed by atoms with Crippen LogP contribution in [0.15, 0.2) is 36.5 Å². The number of nitro groups is 1. The van der Waals surface area contributed by atoms with Gasteiger partial charge in [-0.3, -0.25) is 10.1 Å². The SMILES string of the molecule is Cc1cc([N+](=O)[O-])ccc1Oc1ccc(CN)cn1. The van der Waals surface area contributed by atoms with Gasteiger partial charge in [-0.05, 0) is 24.1 Å². The first kappa shape index (κ1) is 13.0. The van der Waals surface area contributed by atoms with Gasteiger partial charge in [0.25, 0.3) is 5.69 Å². The zero-order chi connectivity index (χ0) is 13.8. The summed E-state index contributed by atoms with van der Waals surface area (Å²) in [6, 6.07) is 7.96. The predicted octanol–water partition coefficient (Wildman–Crippen LogP) is 2.55. The molecular formula is C13H13N3O3. The molecule has 0 unspecified atom stereocenters. The Morgan fingerprint density at radius 3 is 2.68 bits per heavy atom. The highest BCUT2D eigenvalue weighted by molar-refractivity contribution is 5.44. The molecule has 0 saturated carbocycles. The fraction of sp³-hybridized carbons (Fsp3) is 0.154. The Balaban J connectivity index is 2.20. The third-order valence-corrected chi connectivity index (χ3v) is 2.62. The molecule has 2 N–H and O–H groups in total. The lowest BCUT2D eigenvalue weighted by atomic mass is 10.2. The van der Waals surface area contributed by atoms with Gasteiger partial charge in [-0.15, -0.1) is 0 Å². The number of ether oxygens (including phenoxy) is 1. The Bertz CT molecular complexity index is 597. The van der Waals surface area contributed by atoms with E-state index in [9.17, 15) is 10.1 Å². The lowest BCUT2D eigenvalue weighted by molar-refractivity contribution is -0.384. The quantitative estimate of drug-likeness (QED) is 0.673. The number of pyridine rings is 1. The standard InChI is InChI=1S/C13H13N3O3/c1-9-6-11(16(17)18)3-4-12(9)19-13-5-2-10(7-14)8-15-13/h2-6,8H,7,14H2,1H3. The van der Waals surface area contributed by atoms with Crippen molar-refractivity contribution in [1.29, 1.82) is 0 Å². The average molecular weight is 259 g/mol. The van der Waals surface area contributed by atoms with Crippen LogP contribution in [0.1, 0.15) is 11.1 Å². The number of aromatic nitrogens is 1. The van der Waals surface area contributed by atoms with Gasteiger partial charge in [0, 0.05) is 30.9 Å². The van der Waals surface area contributed by atoms with Crippen LogP contribution < -0.4 is 10.5 Å². The van der Waals surface area contributed by atoms with Crippen LogP contribution in [0.3, 0.4) is 0 Å². The largest absolute Gasteiger partial charge is 0.439 e. The molecule has 0 radical (unpaired) electrons. The summed E-state index contributed by atoms with van der Waals surface area (Å²) >= 11 is 0. The molecule has 0 aliphatic carbocycles. The molecule has 19 heavy (non-hydrogen) atoms. The molecule has 0 aliphatic heterocycles. The van der Waals surface area contributed by atoms with Gasteiger partial charge >= 0.3 is 0 Å². The van der Waals surface area contributed by atoms with E-state index >= 15 is 0 Å². The number of nitrogens with zero attached hydrogens (tertiary/aromatic N) is 2. The molecule has 2 aromatic rings. The molecule has 6 nitrogen and oxygen atoms in total. The minimum atomic E-state index is -0.439. The summed E-state index contributed by atoms with van der Waals surface area (Å²) in [5.74, 6) is 0.966.